The minimum atomic E-state index is -0.719. The molecule has 212 valence electrons. The van der Waals surface area contributed by atoms with E-state index in [1.54, 1.807) is 31.3 Å². The Bertz CT molecular complexity index is 1400. The number of rotatable bonds is 8. The summed E-state index contributed by atoms with van der Waals surface area (Å²) in [5.74, 6) is -0.280. The van der Waals surface area contributed by atoms with Crippen molar-refractivity contribution >= 4 is 48.2 Å². The van der Waals surface area contributed by atoms with Gasteiger partial charge in [-0.2, -0.15) is 5.10 Å². The van der Waals surface area contributed by atoms with Crippen LogP contribution in [-0.2, 0) is 16.1 Å². The first-order chi connectivity index (χ1) is 18.5. The van der Waals surface area contributed by atoms with Gasteiger partial charge in [0, 0.05) is 24.0 Å². The van der Waals surface area contributed by atoms with Crippen molar-refractivity contribution in [1.82, 2.24) is 45.9 Å². The zero-order valence-electron chi connectivity index (χ0n) is 21.6. The van der Waals surface area contributed by atoms with Gasteiger partial charge in [-0.05, 0) is 90.2 Å². The first-order valence-corrected chi connectivity index (χ1v) is 12.8. The summed E-state index contributed by atoms with van der Waals surface area (Å²) in [6.45, 7) is 2.58. The molecule has 3 N–H and O–H groups in total. The van der Waals surface area contributed by atoms with E-state index in [1.165, 1.54) is 16.6 Å². The summed E-state index contributed by atoms with van der Waals surface area (Å²) in [6.07, 6.45) is 6.68. The Kier molecular flexibility index (Phi) is 11.0. The summed E-state index contributed by atoms with van der Waals surface area (Å²) in [5, 5.41) is 25.1. The molecule has 1 aliphatic heterocycles. The maximum absolute atomic E-state index is 13.1. The first kappa shape index (κ1) is 31.0. The zero-order valence-corrected chi connectivity index (χ0v) is 24.0. The van der Waals surface area contributed by atoms with Gasteiger partial charge in [-0.25, -0.2) is 9.36 Å². The third-order valence-corrected chi connectivity index (χ3v) is 6.91. The fraction of sp³-hybridized carbons (Fsp3) is 0.308. The molecule has 1 aliphatic rings. The van der Waals surface area contributed by atoms with Crippen LogP contribution in [0.3, 0.4) is 0 Å². The van der Waals surface area contributed by atoms with E-state index >= 15 is 0 Å². The summed E-state index contributed by atoms with van der Waals surface area (Å²) in [7, 11) is 0. The highest BCUT2D eigenvalue weighted by Gasteiger charge is 2.29. The summed E-state index contributed by atoms with van der Waals surface area (Å²) in [6, 6.07) is 14.3. The smallest absolute Gasteiger partial charge is 0.242 e. The zero-order chi connectivity index (χ0) is 26.5. The molecule has 11 nitrogen and oxygen atoms in total. The quantitative estimate of drug-likeness (QED) is 0.281. The van der Waals surface area contributed by atoms with E-state index in [0.717, 1.165) is 17.7 Å². The highest BCUT2D eigenvalue weighted by Crippen LogP contribution is 2.29. The number of carbonyl (C=O) groups is 2. The number of nitrogens with one attached hydrogen (secondary N) is 3. The van der Waals surface area contributed by atoms with Crippen molar-refractivity contribution in [2.75, 3.05) is 6.54 Å². The van der Waals surface area contributed by atoms with Gasteiger partial charge in [-0.15, -0.1) is 29.9 Å². The van der Waals surface area contributed by atoms with Crippen molar-refractivity contribution in [2.45, 2.75) is 44.3 Å². The van der Waals surface area contributed by atoms with E-state index in [1.807, 2.05) is 29.1 Å². The Balaban J connectivity index is 0.00000220. The van der Waals surface area contributed by atoms with Gasteiger partial charge in [0.15, 0.2) is 0 Å². The average molecular weight is 607 g/mol. The molecule has 1 unspecified atom stereocenters. The average Bonchev–Trinajstić information content (AvgIpc) is 3.67. The summed E-state index contributed by atoms with van der Waals surface area (Å²) < 4.78 is 3.32. The topological polar surface area (TPSA) is 132 Å². The number of hydrogen-bond donors (Lipinski definition) is 3. The number of aromatic nitrogens is 6. The van der Waals surface area contributed by atoms with Crippen LogP contribution in [0, 0.1) is 0 Å². The second-order valence-electron chi connectivity index (χ2n) is 9.25. The predicted molar refractivity (Wildman–Crippen MR) is 155 cm³/mol. The third kappa shape index (κ3) is 7.36. The minimum Gasteiger partial charge on any atom is -0.350 e. The van der Waals surface area contributed by atoms with Crippen molar-refractivity contribution in [3.8, 4) is 11.4 Å². The fourth-order valence-electron chi connectivity index (χ4n) is 4.67. The van der Waals surface area contributed by atoms with Gasteiger partial charge in [0.05, 0.1) is 17.4 Å². The Labute approximate surface area is 248 Å². The van der Waals surface area contributed by atoms with Crippen LogP contribution in [0.1, 0.15) is 36.8 Å². The molecule has 0 aliphatic carbocycles. The molecule has 4 aromatic rings. The first-order valence-electron chi connectivity index (χ1n) is 12.4. The van der Waals surface area contributed by atoms with Gasteiger partial charge in [0.25, 0.3) is 0 Å². The molecule has 5 rings (SSSR count). The molecule has 0 bridgehead atoms. The molecular formula is C26H30Cl3N9O2. The standard InChI is InChI=1S/C26H28ClN9O2.2ClH/c1-17(25(37)29-15-20-12-21(27)6-7-24(20)36-16-30-33-34-36)32-26(38)23-14-19(8-10-28-23)18-4-2-5-22(13-18)35-11-3-9-31-35;;/h2-7,9,11-13,16-17,19,23,28H,8,10,14-15H2,1H3,(H,29,37)(H,32,38);2*1H/t17?,19-,23+;;/m0../s1. The molecule has 2 amide bonds. The minimum absolute atomic E-state index is 0. The van der Waals surface area contributed by atoms with E-state index in [0.29, 0.717) is 23.7 Å². The number of benzene rings is 2. The molecule has 3 heterocycles. The van der Waals surface area contributed by atoms with Gasteiger partial charge in [-0.3, -0.25) is 9.59 Å². The Morgan fingerprint density at radius 3 is 2.75 bits per heavy atom. The number of amides is 2. The lowest BCUT2D eigenvalue weighted by atomic mass is 9.86. The summed E-state index contributed by atoms with van der Waals surface area (Å²) >= 11 is 6.16. The lowest BCUT2D eigenvalue weighted by Crippen LogP contribution is -2.53. The van der Waals surface area contributed by atoms with Crippen molar-refractivity contribution in [3.63, 3.8) is 0 Å². The molecule has 1 fully saturated rings. The third-order valence-electron chi connectivity index (χ3n) is 6.67. The van der Waals surface area contributed by atoms with Crippen molar-refractivity contribution < 1.29 is 9.59 Å². The van der Waals surface area contributed by atoms with Crippen LogP contribution in [0.2, 0.25) is 5.02 Å². The Morgan fingerprint density at radius 2 is 2.00 bits per heavy atom. The number of halogens is 3. The normalized spacial score (nSPS) is 17.1. The Morgan fingerprint density at radius 1 is 1.15 bits per heavy atom. The van der Waals surface area contributed by atoms with Crippen LogP contribution in [0.4, 0.5) is 0 Å². The molecule has 1 saturated heterocycles. The van der Waals surface area contributed by atoms with Crippen LogP contribution in [-0.4, -0.2) is 60.4 Å². The fourth-order valence-corrected chi connectivity index (χ4v) is 4.86. The second-order valence-corrected chi connectivity index (χ2v) is 9.69. The van der Waals surface area contributed by atoms with Crippen molar-refractivity contribution in [3.05, 3.63) is 83.4 Å². The highest BCUT2D eigenvalue weighted by atomic mass is 35.5. The molecule has 0 spiro atoms. The maximum atomic E-state index is 13.1. The SMILES string of the molecule is CC(NC(=O)[C@H]1C[C@@H](c2cccc(-n3cccn3)c2)CCN1)C(=O)NCc1cc(Cl)ccc1-n1cnnn1.Cl.Cl. The number of carbonyl (C=O) groups excluding carboxylic acids is 2. The second kappa shape index (κ2) is 14.2. The maximum Gasteiger partial charge on any atom is 0.242 e. The summed E-state index contributed by atoms with van der Waals surface area (Å²) in [5.41, 5.74) is 3.60. The molecule has 2 aromatic heterocycles. The number of tetrazole rings is 1. The van der Waals surface area contributed by atoms with Gasteiger partial charge in [-0.1, -0.05) is 23.7 Å². The van der Waals surface area contributed by atoms with E-state index < -0.39 is 12.1 Å². The number of hydrogen-bond acceptors (Lipinski definition) is 7. The predicted octanol–water partition coefficient (Wildman–Crippen LogP) is 3.00. The van der Waals surface area contributed by atoms with E-state index in [-0.39, 0.29) is 49.1 Å². The Hall–Kier alpha value is -3.51. The monoisotopic (exact) mass is 605 g/mol. The van der Waals surface area contributed by atoms with Gasteiger partial charge in [0.1, 0.15) is 12.4 Å². The molecule has 14 heteroatoms. The van der Waals surface area contributed by atoms with Crippen LogP contribution >= 0.6 is 36.4 Å². The van der Waals surface area contributed by atoms with Crippen molar-refractivity contribution in [2.24, 2.45) is 0 Å². The number of piperidine rings is 1. The van der Waals surface area contributed by atoms with E-state index in [4.69, 9.17) is 11.6 Å². The molecule has 0 saturated carbocycles. The van der Waals surface area contributed by atoms with Gasteiger partial charge in [0.2, 0.25) is 11.8 Å². The molecular weight excluding hydrogens is 577 g/mol. The highest BCUT2D eigenvalue weighted by molar-refractivity contribution is 6.30. The summed E-state index contributed by atoms with van der Waals surface area (Å²) in [4.78, 5) is 25.9. The number of nitrogens with zero attached hydrogens (tertiary/aromatic N) is 6. The largest absolute Gasteiger partial charge is 0.350 e. The van der Waals surface area contributed by atoms with E-state index in [2.05, 4.69) is 48.7 Å². The van der Waals surface area contributed by atoms with Gasteiger partial charge < -0.3 is 16.0 Å². The van der Waals surface area contributed by atoms with Gasteiger partial charge >= 0.3 is 0 Å². The molecule has 2 aromatic carbocycles. The lowest BCUT2D eigenvalue weighted by molar-refractivity contribution is -0.130. The molecule has 40 heavy (non-hydrogen) atoms. The van der Waals surface area contributed by atoms with Crippen LogP contribution in [0.5, 0.6) is 0 Å². The molecule has 0 radical (unpaired) electrons. The van der Waals surface area contributed by atoms with Crippen LogP contribution in [0.15, 0.2) is 67.3 Å². The van der Waals surface area contributed by atoms with Crippen LogP contribution in [0.25, 0.3) is 11.4 Å². The van der Waals surface area contributed by atoms with Crippen LogP contribution < -0.4 is 16.0 Å². The van der Waals surface area contributed by atoms with Crippen molar-refractivity contribution in [1.29, 1.82) is 0 Å². The van der Waals surface area contributed by atoms with E-state index in [9.17, 15) is 9.59 Å². The molecule has 3 atom stereocenters. The lowest BCUT2D eigenvalue weighted by Gasteiger charge is -2.30.